The Labute approximate surface area is 147 Å². The predicted octanol–water partition coefficient (Wildman–Crippen LogP) is 4.96. The number of aromatic nitrogens is 2. The number of benzene rings is 2. The van der Waals surface area contributed by atoms with E-state index in [1.54, 1.807) is 0 Å². The molecule has 1 aromatic heterocycles. The summed E-state index contributed by atoms with van der Waals surface area (Å²) in [6.45, 7) is 4.86. The van der Waals surface area contributed by atoms with Gasteiger partial charge >= 0.3 is 0 Å². The molecule has 122 valence electrons. The molecule has 0 fully saturated rings. The van der Waals surface area contributed by atoms with Crippen LogP contribution in [-0.2, 0) is 6.54 Å². The van der Waals surface area contributed by atoms with Crippen LogP contribution in [0.25, 0.3) is 11.4 Å². The van der Waals surface area contributed by atoms with Crippen LogP contribution in [0.5, 0.6) is 0 Å². The lowest BCUT2D eigenvalue weighted by atomic mass is 10.1. The van der Waals surface area contributed by atoms with E-state index in [9.17, 15) is 0 Å². The Hall–Kier alpha value is -2.23. The fourth-order valence-electron chi connectivity index (χ4n) is 2.59. The van der Waals surface area contributed by atoms with Gasteiger partial charge in [0.1, 0.15) is 0 Å². The first-order chi connectivity index (χ1) is 11.6. The lowest BCUT2D eigenvalue weighted by molar-refractivity contribution is 0.573. The van der Waals surface area contributed by atoms with E-state index in [1.165, 1.54) is 5.56 Å². The van der Waals surface area contributed by atoms with Crippen molar-refractivity contribution in [3.8, 4) is 11.4 Å². The fraction of sp³-hybridized carbons (Fsp3) is 0.200. The van der Waals surface area contributed by atoms with E-state index in [0.717, 1.165) is 27.5 Å². The Morgan fingerprint density at radius 2 is 1.79 bits per heavy atom. The maximum Gasteiger partial charge on any atom is 0.159 e. The van der Waals surface area contributed by atoms with Gasteiger partial charge in [-0.25, -0.2) is 9.97 Å². The minimum atomic E-state index is 0.162. The monoisotopic (exact) mass is 337 g/mol. The molecule has 4 heteroatoms. The first-order valence-corrected chi connectivity index (χ1v) is 8.37. The lowest BCUT2D eigenvalue weighted by Crippen LogP contribution is -2.18. The molecule has 0 aliphatic rings. The van der Waals surface area contributed by atoms with Gasteiger partial charge in [0.15, 0.2) is 5.82 Å². The molecule has 3 aromatic rings. The van der Waals surface area contributed by atoms with Crippen molar-refractivity contribution in [2.75, 3.05) is 0 Å². The topological polar surface area (TPSA) is 37.8 Å². The van der Waals surface area contributed by atoms with Gasteiger partial charge in [0.2, 0.25) is 0 Å². The largest absolute Gasteiger partial charge is 0.306 e. The summed E-state index contributed by atoms with van der Waals surface area (Å²) in [5, 5.41) is 4.24. The van der Waals surface area contributed by atoms with Crippen LogP contribution in [0, 0.1) is 6.92 Å². The maximum absolute atomic E-state index is 6.24. The summed E-state index contributed by atoms with van der Waals surface area (Å²) in [6, 6.07) is 16.3. The van der Waals surface area contributed by atoms with E-state index >= 15 is 0 Å². The summed E-state index contributed by atoms with van der Waals surface area (Å²) in [6.07, 6.45) is 3.74. The van der Waals surface area contributed by atoms with Gasteiger partial charge in [-0.05, 0) is 31.5 Å². The molecule has 0 spiro atoms. The van der Waals surface area contributed by atoms with E-state index in [4.69, 9.17) is 11.6 Å². The molecule has 0 saturated heterocycles. The van der Waals surface area contributed by atoms with Crippen LogP contribution in [0.4, 0.5) is 0 Å². The maximum atomic E-state index is 6.24. The summed E-state index contributed by atoms with van der Waals surface area (Å²) in [5.74, 6) is 0.751. The second-order valence-electron chi connectivity index (χ2n) is 5.91. The van der Waals surface area contributed by atoms with Crippen molar-refractivity contribution in [1.82, 2.24) is 15.3 Å². The van der Waals surface area contributed by atoms with Gasteiger partial charge in [-0.1, -0.05) is 53.6 Å². The highest BCUT2D eigenvalue weighted by molar-refractivity contribution is 6.31. The second-order valence-corrected chi connectivity index (χ2v) is 6.32. The molecule has 0 aliphatic carbocycles. The highest BCUT2D eigenvalue weighted by Crippen LogP contribution is 2.22. The predicted molar refractivity (Wildman–Crippen MR) is 98.9 cm³/mol. The van der Waals surface area contributed by atoms with E-state index < -0.39 is 0 Å². The SMILES string of the molecule is Cc1cccc(-c2ncc(CNC(C)c3ccccc3Cl)cn2)c1. The Morgan fingerprint density at radius 3 is 2.50 bits per heavy atom. The highest BCUT2D eigenvalue weighted by atomic mass is 35.5. The smallest absolute Gasteiger partial charge is 0.159 e. The molecular formula is C20H20ClN3. The third kappa shape index (κ3) is 3.99. The molecule has 2 aromatic carbocycles. The molecule has 1 heterocycles. The molecule has 3 nitrogen and oxygen atoms in total. The van der Waals surface area contributed by atoms with Crippen LogP contribution >= 0.6 is 11.6 Å². The quantitative estimate of drug-likeness (QED) is 0.715. The number of hydrogen-bond acceptors (Lipinski definition) is 3. The molecule has 1 unspecified atom stereocenters. The van der Waals surface area contributed by atoms with Gasteiger partial charge in [-0.2, -0.15) is 0 Å². The fourth-order valence-corrected chi connectivity index (χ4v) is 2.89. The molecular weight excluding hydrogens is 318 g/mol. The summed E-state index contributed by atoms with van der Waals surface area (Å²) in [5.41, 5.74) is 4.39. The molecule has 24 heavy (non-hydrogen) atoms. The van der Waals surface area contributed by atoms with E-state index in [2.05, 4.69) is 41.3 Å². The van der Waals surface area contributed by atoms with Gasteiger partial charge in [0.25, 0.3) is 0 Å². The number of aryl methyl sites for hydroxylation is 1. The van der Waals surface area contributed by atoms with Crippen molar-refractivity contribution in [3.63, 3.8) is 0 Å². The number of nitrogens with one attached hydrogen (secondary N) is 1. The molecule has 0 bridgehead atoms. The van der Waals surface area contributed by atoms with Gasteiger partial charge in [0.05, 0.1) is 0 Å². The van der Waals surface area contributed by atoms with Crippen molar-refractivity contribution in [2.45, 2.75) is 26.4 Å². The lowest BCUT2D eigenvalue weighted by Gasteiger charge is -2.15. The number of hydrogen-bond donors (Lipinski definition) is 1. The normalized spacial score (nSPS) is 12.1. The molecule has 3 rings (SSSR count). The molecule has 1 atom stereocenters. The number of nitrogens with zero attached hydrogens (tertiary/aromatic N) is 2. The van der Waals surface area contributed by atoms with Crippen molar-refractivity contribution >= 4 is 11.6 Å². The van der Waals surface area contributed by atoms with Gasteiger partial charge in [-0.15, -0.1) is 0 Å². The van der Waals surface area contributed by atoms with Gasteiger partial charge in [-0.3, -0.25) is 0 Å². The van der Waals surface area contributed by atoms with E-state index in [1.807, 2.05) is 48.8 Å². The average Bonchev–Trinajstić information content (AvgIpc) is 2.60. The van der Waals surface area contributed by atoms with Gasteiger partial charge in [0, 0.05) is 41.1 Å². The molecule has 0 radical (unpaired) electrons. The molecule has 1 N–H and O–H groups in total. The zero-order valence-electron chi connectivity index (χ0n) is 13.8. The molecule has 0 saturated carbocycles. The zero-order chi connectivity index (χ0) is 16.9. The van der Waals surface area contributed by atoms with Crippen LogP contribution < -0.4 is 5.32 Å². The highest BCUT2D eigenvalue weighted by Gasteiger charge is 2.09. The summed E-state index contributed by atoms with van der Waals surface area (Å²) in [4.78, 5) is 8.96. The first kappa shape index (κ1) is 16.6. The average molecular weight is 338 g/mol. The third-order valence-electron chi connectivity index (χ3n) is 3.97. The minimum Gasteiger partial charge on any atom is -0.306 e. The number of halogens is 1. The van der Waals surface area contributed by atoms with E-state index in [-0.39, 0.29) is 6.04 Å². The summed E-state index contributed by atoms with van der Waals surface area (Å²) < 4.78 is 0. The van der Waals surface area contributed by atoms with Crippen molar-refractivity contribution in [3.05, 3.63) is 82.6 Å². The van der Waals surface area contributed by atoms with Crippen molar-refractivity contribution in [2.24, 2.45) is 0 Å². The zero-order valence-corrected chi connectivity index (χ0v) is 14.6. The summed E-state index contributed by atoms with van der Waals surface area (Å²) >= 11 is 6.24. The number of rotatable bonds is 5. The van der Waals surface area contributed by atoms with Crippen LogP contribution in [0.2, 0.25) is 5.02 Å². The van der Waals surface area contributed by atoms with E-state index in [0.29, 0.717) is 6.54 Å². The van der Waals surface area contributed by atoms with Crippen molar-refractivity contribution < 1.29 is 0 Å². The second kappa shape index (κ2) is 7.56. The van der Waals surface area contributed by atoms with Crippen LogP contribution in [0.15, 0.2) is 60.9 Å². The summed E-state index contributed by atoms with van der Waals surface area (Å²) in [7, 11) is 0. The Morgan fingerprint density at radius 1 is 1.04 bits per heavy atom. The van der Waals surface area contributed by atoms with Crippen LogP contribution in [0.3, 0.4) is 0 Å². The van der Waals surface area contributed by atoms with Gasteiger partial charge < -0.3 is 5.32 Å². The Kier molecular flexibility index (Phi) is 5.24. The van der Waals surface area contributed by atoms with Crippen LogP contribution in [-0.4, -0.2) is 9.97 Å². The third-order valence-corrected chi connectivity index (χ3v) is 4.31. The minimum absolute atomic E-state index is 0.162. The standard InChI is InChI=1S/C20H20ClN3/c1-14-6-5-7-17(10-14)20-23-12-16(13-24-20)11-22-15(2)18-8-3-4-9-19(18)21/h3-10,12-13,15,22H,11H2,1-2H3. The first-order valence-electron chi connectivity index (χ1n) is 7.99. The molecule has 0 amide bonds. The van der Waals surface area contributed by atoms with Crippen LogP contribution in [0.1, 0.15) is 29.7 Å². The molecule has 0 aliphatic heterocycles. The Balaban J connectivity index is 1.65. The Bertz CT molecular complexity index is 815. The van der Waals surface area contributed by atoms with Crippen molar-refractivity contribution in [1.29, 1.82) is 0 Å².